The third kappa shape index (κ3) is 1.29. The number of rotatable bonds is 0. The summed E-state index contributed by atoms with van der Waals surface area (Å²) in [6, 6.07) is 0. The summed E-state index contributed by atoms with van der Waals surface area (Å²) in [6.07, 6.45) is 2.97. The molecule has 1 spiro atoms. The van der Waals surface area contributed by atoms with Crippen LogP contribution >= 0.6 is 0 Å². The van der Waals surface area contributed by atoms with Crippen molar-refractivity contribution in [2.75, 3.05) is 0 Å². The highest BCUT2D eigenvalue weighted by Gasteiger charge is 2.68. The average Bonchev–Trinajstić information content (AvgIpc) is 2.33. The second kappa shape index (κ2) is 3.56. The monoisotopic (exact) mass is 254 g/mol. The molecule has 18 heavy (non-hydrogen) atoms. The van der Waals surface area contributed by atoms with Gasteiger partial charge < -0.3 is 5.11 Å². The van der Waals surface area contributed by atoms with Gasteiger partial charge in [0.25, 0.3) is 0 Å². The first-order chi connectivity index (χ1) is 8.32. The lowest BCUT2D eigenvalue weighted by Gasteiger charge is -2.64. The first-order valence-electron chi connectivity index (χ1n) is 6.88. The molecule has 1 heterocycles. The highest BCUT2D eigenvalue weighted by molar-refractivity contribution is 5.89. The lowest BCUT2D eigenvalue weighted by Crippen LogP contribution is -2.69. The van der Waals surface area contributed by atoms with Crippen molar-refractivity contribution in [3.8, 4) is 0 Å². The Labute approximate surface area is 108 Å². The zero-order valence-electron chi connectivity index (χ0n) is 11.4. The minimum atomic E-state index is -0.842. The van der Waals surface area contributed by atoms with Crippen molar-refractivity contribution < 1.29 is 19.7 Å². The topological polar surface area (TPSA) is 55.8 Å². The van der Waals surface area contributed by atoms with E-state index in [9.17, 15) is 9.90 Å². The number of Topliss-reactive ketones (excluding diaryl/α,β-unsaturated/α-hetero) is 1. The van der Waals surface area contributed by atoms with E-state index in [0.29, 0.717) is 12.8 Å². The first-order valence-corrected chi connectivity index (χ1v) is 6.88. The van der Waals surface area contributed by atoms with Crippen LogP contribution in [0.5, 0.6) is 0 Å². The maximum atomic E-state index is 12.3. The Balaban J connectivity index is 2.09. The number of carbonyl (C=O) groups excluding carboxylic acids is 1. The van der Waals surface area contributed by atoms with Crippen LogP contribution < -0.4 is 0 Å². The lowest BCUT2D eigenvalue weighted by atomic mass is 9.45. The number of fused-ring (bicyclic) bond motifs is 1. The van der Waals surface area contributed by atoms with Crippen LogP contribution in [-0.4, -0.2) is 28.7 Å². The minimum Gasteiger partial charge on any atom is -0.390 e. The SMILES string of the molecule is CC1(C)CCC(=O)[C@@]2(C)OO[C@@H]3C[C@@]12CCC3O. The summed E-state index contributed by atoms with van der Waals surface area (Å²) in [5.41, 5.74) is -0.999. The lowest BCUT2D eigenvalue weighted by molar-refractivity contribution is -0.456. The quantitative estimate of drug-likeness (QED) is 0.672. The molecule has 0 amide bonds. The summed E-state index contributed by atoms with van der Waals surface area (Å²) in [5, 5.41) is 9.94. The third-order valence-electron chi connectivity index (χ3n) is 5.90. The van der Waals surface area contributed by atoms with Gasteiger partial charge >= 0.3 is 0 Å². The summed E-state index contributed by atoms with van der Waals surface area (Å²) in [4.78, 5) is 23.2. The molecular weight excluding hydrogens is 232 g/mol. The molecule has 3 rings (SSSR count). The number of hydrogen-bond acceptors (Lipinski definition) is 4. The van der Waals surface area contributed by atoms with Crippen LogP contribution in [0.25, 0.3) is 0 Å². The van der Waals surface area contributed by atoms with Crippen LogP contribution in [0, 0.1) is 10.8 Å². The standard InChI is InChI=1S/C14H22O4/c1-12(2)6-5-11(16)13(3)14(12)7-4-9(15)10(8-14)17-18-13/h9-10,15H,4-8H2,1-3H3/t9?,10-,13-,14+/m1/s1. The fraction of sp³-hybridized carbons (Fsp3) is 0.929. The van der Waals surface area contributed by atoms with Gasteiger partial charge in [-0.3, -0.25) is 4.79 Å². The van der Waals surface area contributed by atoms with Crippen molar-refractivity contribution in [3.63, 3.8) is 0 Å². The van der Waals surface area contributed by atoms with Crippen molar-refractivity contribution >= 4 is 5.78 Å². The maximum absolute atomic E-state index is 12.3. The van der Waals surface area contributed by atoms with Crippen LogP contribution in [0.15, 0.2) is 0 Å². The van der Waals surface area contributed by atoms with Crippen molar-refractivity contribution in [1.82, 2.24) is 0 Å². The average molecular weight is 254 g/mol. The molecule has 4 atom stereocenters. The van der Waals surface area contributed by atoms with E-state index in [4.69, 9.17) is 9.78 Å². The summed E-state index contributed by atoms with van der Waals surface area (Å²) in [5.74, 6) is 0.150. The molecule has 4 heteroatoms. The summed E-state index contributed by atoms with van der Waals surface area (Å²) in [6.45, 7) is 6.33. The Bertz CT molecular complexity index is 391. The molecule has 1 unspecified atom stereocenters. The highest BCUT2D eigenvalue weighted by Crippen LogP contribution is 2.64. The number of ketones is 1. The van der Waals surface area contributed by atoms with Crippen molar-refractivity contribution in [2.45, 2.75) is 70.7 Å². The van der Waals surface area contributed by atoms with Gasteiger partial charge in [0.15, 0.2) is 11.4 Å². The van der Waals surface area contributed by atoms with Crippen LogP contribution in [0.3, 0.4) is 0 Å². The van der Waals surface area contributed by atoms with Gasteiger partial charge in [0.2, 0.25) is 0 Å². The molecule has 3 aliphatic rings. The molecule has 0 aromatic rings. The Morgan fingerprint density at radius 2 is 2.00 bits per heavy atom. The molecule has 2 bridgehead atoms. The highest BCUT2D eigenvalue weighted by atomic mass is 17.2. The van der Waals surface area contributed by atoms with E-state index < -0.39 is 11.7 Å². The molecule has 2 aliphatic carbocycles. The predicted octanol–water partition coefficient (Wildman–Crippen LogP) is 2.00. The molecule has 0 radical (unpaired) electrons. The molecular formula is C14H22O4. The Hall–Kier alpha value is -0.450. The smallest absolute Gasteiger partial charge is 0.168 e. The van der Waals surface area contributed by atoms with Gasteiger partial charge in [-0.15, -0.1) is 0 Å². The molecule has 0 aromatic heterocycles. The zero-order chi connectivity index (χ0) is 13.2. The summed E-state index contributed by atoms with van der Waals surface area (Å²) in [7, 11) is 0. The second-order valence-corrected chi connectivity index (χ2v) is 6.95. The Morgan fingerprint density at radius 1 is 1.28 bits per heavy atom. The van der Waals surface area contributed by atoms with Gasteiger partial charge in [-0.2, -0.15) is 0 Å². The molecule has 3 fully saturated rings. The van der Waals surface area contributed by atoms with Gasteiger partial charge in [-0.1, -0.05) is 13.8 Å². The van der Waals surface area contributed by atoms with E-state index in [1.54, 1.807) is 0 Å². The molecule has 102 valence electrons. The van der Waals surface area contributed by atoms with E-state index >= 15 is 0 Å². The van der Waals surface area contributed by atoms with Crippen LogP contribution in [0.2, 0.25) is 0 Å². The Morgan fingerprint density at radius 3 is 2.72 bits per heavy atom. The number of carbonyl (C=O) groups is 1. The molecule has 1 saturated heterocycles. The third-order valence-corrected chi connectivity index (χ3v) is 5.90. The van der Waals surface area contributed by atoms with E-state index in [-0.39, 0.29) is 22.7 Å². The molecule has 0 aromatic carbocycles. The van der Waals surface area contributed by atoms with Crippen LogP contribution in [0.1, 0.15) is 52.9 Å². The zero-order valence-corrected chi connectivity index (χ0v) is 11.4. The summed E-state index contributed by atoms with van der Waals surface area (Å²) < 4.78 is 0. The van der Waals surface area contributed by atoms with E-state index in [2.05, 4.69) is 13.8 Å². The van der Waals surface area contributed by atoms with Gasteiger partial charge in [0.05, 0.1) is 6.10 Å². The van der Waals surface area contributed by atoms with E-state index in [0.717, 1.165) is 19.3 Å². The van der Waals surface area contributed by atoms with E-state index in [1.807, 2.05) is 6.92 Å². The molecule has 2 saturated carbocycles. The largest absolute Gasteiger partial charge is 0.390 e. The van der Waals surface area contributed by atoms with Crippen LogP contribution in [0.4, 0.5) is 0 Å². The van der Waals surface area contributed by atoms with E-state index in [1.165, 1.54) is 0 Å². The molecule has 1 N–H and O–H groups in total. The Kier molecular flexibility index (Phi) is 2.48. The summed E-state index contributed by atoms with van der Waals surface area (Å²) >= 11 is 0. The minimum absolute atomic E-state index is 0.0395. The maximum Gasteiger partial charge on any atom is 0.168 e. The normalized spacial score (nSPS) is 50.8. The first kappa shape index (κ1) is 12.6. The fourth-order valence-electron chi connectivity index (χ4n) is 4.41. The fourth-order valence-corrected chi connectivity index (χ4v) is 4.41. The van der Waals surface area contributed by atoms with Gasteiger partial charge in [-0.05, 0) is 38.0 Å². The number of aliphatic hydroxyl groups excluding tert-OH is 1. The van der Waals surface area contributed by atoms with Gasteiger partial charge in [-0.25, -0.2) is 9.78 Å². The van der Waals surface area contributed by atoms with Gasteiger partial charge in [0, 0.05) is 11.8 Å². The molecule has 1 aliphatic heterocycles. The van der Waals surface area contributed by atoms with Crippen molar-refractivity contribution in [1.29, 1.82) is 0 Å². The van der Waals surface area contributed by atoms with Gasteiger partial charge in [0.1, 0.15) is 6.10 Å². The van der Waals surface area contributed by atoms with Crippen LogP contribution in [-0.2, 0) is 14.6 Å². The number of aliphatic hydroxyl groups is 1. The van der Waals surface area contributed by atoms with Crippen molar-refractivity contribution in [2.24, 2.45) is 10.8 Å². The molecule has 4 nitrogen and oxygen atoms in total. The predicted molar refractivity (Wildman–Crippen MR) is 64.7 cm³/mol. The second-order valence-electron chi connectivity index (χ2n) is 6.95. The van der Waals surface area contributed by atoms with Crippen molar-refractivity contribution in [3.05, 3.63) is 0 Å². The number of hydrogen-bond donors (Lipinski definition) is 1.